The van der Waals surface area contributed by atoms with E-state index in [-0.39, 0.29) is 47.3 Å². The molecule has 11 heteroatoms. The smallest absolute Gasteiger partial charge is 0.246 e. The van der Waals surface area contributed by atoms with E-state index in [0.717, 1.165) is 5.56 Å². The number of carbonyl (C=O) groups excluding carboxylic acids is 5. The SMILES string of the molecule is CNC(C(=O)NC(C(=O)NC(C(=O)N(C)C(C(=O)N(C)C(C(=O)NCCc1ccccc1)C(C)C)C(C)C)C(C)C)C(C)C)C(C)C. The maximum Gasteiger partial charge on any atom is 0.246 e. The standard InChI is InChI=1S/C36H62N6O5/c1-21(2)27(37-11)32(43)39-28(22(3)4)33(44)40-29(23(5)6)35(46)42(13)31(25(9)10)36(47)41(12)30(24(7)8)34(45)38-20-19-26-17-15-14-16-18-26/h14-18,21-25,27-31,37H,19-20H2,1-13H3,(H,38,45)(H,39,43)(H,40,44). The Morgan fingerprint density at radius 1 is 0.574 bits per heavy atom. The van der Waals surface area contributed by atoms with Crippen molar-refractivity contribution in [3.63, 3.8) is 0 Å². The van der Waals surface area contributed by atoms with Crippen molar-refractivity contribution in [1.29, 1.82) is 0 Å². The Labute approximate surface area is 283 Å². The number of hydrogen-bond donors (Lipinski definition) is 4. The lowest BCUT2D eigenvalue weighted by molar-refractivity contribution is -0.151. The molecule has 0 spiro atoms. The van der Waals surface area contributed by atoms with Crippen molar-refractivity contribution in [2.75, 3.05) is 27.7 Å². The van der Waals surface area contributed by atoms with Crippen LogP contribution in [0, 0.1) is 29.6 Å². The number of nitrogens with one attached hydrogen (secondary N) is 4. The van der Waals surface area contributed by atoms with Gasteiger partial charge in [-0.3, -0.25) is 24.0 Å². The Balaban J connectivity index is 3.17. The normalized spacial score (nSPS) is 14.9. The van der Waals surface area contributed by atoms with E-state index in [0.29, 0.717) is 13.0 Å². The van der Waals surface area contributed by atoms with Crippen LogP contribution in [0.1, 0.15) is 74.8 Å². The van der Waals surface area contributed by atoms with E-state index in [1.807, 2.05) is 99.6 Å². The highest BCUT2D eigenvalue weighted by Crippen LogP contribution is 2.20. The summed E-state index contributed by atoms with van der Waals surface area (Å²) in [6.45, 7) is 19.1. The van der Waals surface area contributed by atoms with Gasteiger partial charge in [-0.2, -0.15) is 0 Å². The molecule has 0 saturated carbocycles. The molecular weight excluding hydrogens is 596 g/mol. The average molecular weight is 659 g/mol. The quantitative estimate of drug-likeness (QED) is 0.191. The molecule has 1 rings (SSSR count). The molecule has 1 aromatic carbocycles. The Morgan fingerprint density at radius 2 is 1.02 bits per heavy atom. The van der Waals surface area contributed by atoms with Crippen molar-refractivity contribution < 1.29 is 24.0 Å². The van der Waals surface area contributed by atoms with Crippen LogP contribution in [0.15, 0.2) is 30.3 Å². The lowest BCUT2D eigenvalue weighted by Gasteiger charge is -2.39. The first-order valence-corrected chi connectivity index (χ1v) is 17.0. The summed E-state index contributed by atoms with van der Waals surface area (Å²) in [6, 6.07) is 5.93. The number of likely N-dealkylation sites (N-methyl/N-ethyl adjacent to an activating group) is 3. The van der Waals surface area contributed by atoms with Gasteiger partial charge in [-0.15, -0.1) is 0 Å². The highest BCUT2D eigenvalue weighted by atomic mass is 16.2. The minimum Gasteiger partial charge on any atom is -0.354 e. The lowest BCUT2D eigenvalue weighted by Crippen LogP contribution is -2.62. The van der Waals surface area contributed by atoms with Crippen LogP contribution in [-0.4, -0.2) is 97.2 Å². The van der Waals surface area contributed by atoms with Gasteiger partial charge in [-0.1, -0.05) is 99.6 Å². The van der Waals surface area contributed by atoms with Gasteiger partial charge in [0.25, 0.3) is 0 Å². The van der Waals surface area contributed by atoms with E-state index in [4.69, 9.17) is 0 Å². The Morgan fingerprint density at radius 3 is 1.47 bits per heavy atom. The molecule has 266 valence electrons. The largest absolute Gasteiger partial charge is 0.354 e. The van der Waals surface area contributed by atoms with E-state index in [9.17, 15) is 24.0 Å². The van der Waals surface area contributed by atoms with Crippen LogP contribution in [0.25, 0.3) is 0 Å². The molecule has 5 atom stereocenters. The molecule has 5 unspecified atom stereocenters. The number of benzene rings is 1. The third kappa shape index (κ3) is 11.9. The lowest BCUT2D eigenvalue weighted by atomic mass is 9.95. The molecule has 5 amide bonds. The third-order valence-electron chi connectivity index (χ3n) is 8.61. The Kier molecular flexibility index (Phi) is 17.1. The number of carbonyl (C=O) groups is 5. The summed E-state index contributed by atoms with van der Waals surface area (Å²) in [7, 11) is 4.86. The number of rotatable bonds is 18. The molecular formula is C36H62N6O5. The van der Waals surface area contributed by atoms with Crippen LogP contribution < -0.4 is 21.3 Å². The fourth-order valence-electron chi connectivity index (χ4n) is 5.91. The molecule has 0 heterocycles. The van der Waals surface area contributed by atoms with Crippen LogP contribution >= 0.6 is 0 Å². The van der Waals surface area contributed by atoms with E-state index in [1.165, 1.54) is 9.80 Å². The van der Waals surface area contributed by atoms with Crippen LogP contribution in [0.4, 0.5) is 0 Å². The Bertz CT molecular complexity index is 1170. The van der Waals surface area contributed by atoms with Crippen molar-refractivity contribution in [2.24, 2.45) is 29.6 Å². The van der Waals surface area contributed by atoms with Crippen molar-refractivity contribution in [3.05, 3.63) is 35.9 Å². The summed E-state index contributed by atoms with van der Waals surface area (Å²) in [5.74, 6) is -2.81. The van der Waals surface area contributed by atoms with Crippen LogP contribution in [-0.2, 0) is 30.4 Å². The maximum atomic E-state index is 14.1. The molecule has 0 aliphatic carbocycles. The van der Waals surface area contributed by atoms with Crippen molar-refractivity contribution in [2.45, 2.75) is 106 Å². The predicted molar refractivity (Wildman–Crippen MR) is 187 cm³/mol. The molecule has 4 N–H and O–H groups in total. The molecule has 47 heavy (non-hydrogen) atoms. The molecule has 0 saturated heterocycles. The molecule has 0 aliphatic heterocycles. The van der Waals surface area contributed by atoms with Gasteiger partial charge in [-0.05, 0) is 48.6 Å². The van der Waals surface area contributed by atoms with E-state index in [1.54, 1.807) is 21.1 Å². The van der Waals surface area contributed by atoms with Gasteiger partial charge < -0.3 is 31.1 Å². The highest BCUT2D eigenvalue weighted by molar-refractivity contribution is 5.96. The first kappa shape index (κ1) is 41.6. The average Bonchev–Trinajstić information content (AvgIpc) is 2.98. The molecule has 0 fully saturated rings. The molecule has 11 nitrogen and oxygen atoms in total. The second kappa shape index (κ2) is 19.4. The Hall–Kier alpha value is -3.47. The van der Waals surface area contributed by atoms with Crippen molar-refractivity contribution in [3.8, 4) is 0 Å². The second-order valence-corrected chi connectivity index (χ2v) is 14.3. The minimum atomic E-state index is -0.947. The zero-order chi connectivity index (χ0) is 36.2. The topological polar surface area (TPSA) is 140 Å². The first-order valence-electron chi connectivity index (χ1n) is 17.0. The predicted octanol–water partition coefficient (Wildman–Crippen LogP) is 2.84. The van der Waals surface area contributed by atoms with Crippen LogP contribution in [0.2, 0.25) is 0 Å². The molecule has 0 aromatic heterocycles. The van der Waals surface area contributed by atoms with Gasteiger partial charge >= 0.3 is 0 Å². The second-order valence-electron chi connectivity index (χ2n) is 14.3. The van der Waals surface area contributed by atoms with E-state index < -0.39 is 42.0 Å². The van der Waals surface area contributed by atoms with Crippen LogP contribution in [0.5, 0.6) is 0 Å². The number of amides is 5. The van der Waals surface area contributed by atoms with Gasteiger partial charge in [0, 0.05) is 20.6 Å². The molecule has 0 bridgehead atoms. The summed E-state index contributed by atoms with van der Waals surface area (Å²) in [5.41, 5.74) is 1.10. The summed E-state index contributed by atoms with van der Waals surface area (Å²) in [4.78, 5) is 70.8. The summed E-state index contributed by atoms with van der Waals surface area (Å²) in [6.07, 6.45) is 0.665. The third-order valence-corrected chi connectivity index (χ3v) is 8.61. The van der Waals surface area contributed by atoms with Crippen molar-refractivity contribution >= 4 is 29.5 Å². The van der Waals surface area contributed by atoms with E-state index >= 15 is 0 Å². The van der Waals surface area contributed by atoms with Crippen LogP contribution in [0.3, 0.4) is 0 Å². The van der Waals surface area contributed by atoms with Gasteiger partial charge in [0.1, 0.15) is 24.2 Å². The maximum absolute atomic E-state index is 14.1. The first-order chi connectivity index (χ1) is 21.9. The molecule has 0 radical (unpaired) electrons. The zero-order valence-corrected chi connectivity index (χ0v) is 31.0. The summed E-state index contributed by atoms with van der Waals surface area (Å²) in [5, 5.41) is 11.7. The highest BCUT2D eigenvalue weighted by Gasteiger charge is 2.40. The van der Waals surface area contributed by atoms with Gasteiger partial charge in [-0.25, -0.2) is 0 Å². The fraction of sp³-hybridized carbons (Fsp3) is 0.694. The van der Waals surface area contributed by atoms with Gasteiger partial charge in [0.05, 0.1) is 6.04 Å². The van der Waals surface area contributed by atoms with E-state index in [2.05, 4.69) is 21.3 Å². The minimum absolute atomic E-state index is 0.00815. The number of hydrogen-bond acceptors (Lipinski definition) is 6. The summed E-state index contributed by atoms with van der Waals surface area (Å²) < 4.78 is 0. The zero-order valence-electron chi connectivity index (χ0n) is 31.0. The molecule has 1 aromatic rings. The molecule has 0 aliphatic rings. The fourth-order valence-corrected chi connectivity index (χ4v) is 5.91. The summed E-state index contributed by atoms with van der Waals surface area (Å²) >= 11 is 0. The van der Waals surface area contributed by atoms with Gasteiger partial charge in [0.2, 0.25) is 29.5 Å². The van der Waals surface area contributed by atoms with Crippen molar-refractivity contribution in [1.82, 2.24) is 31.1 Å². The monoisotopic (exact) mass is 658 g/mol. The van der Waals surface area contributed by atoms with Gasteiger partial charge in [0.15, 0.2) is 0 Å². The number of nitrogens with zero attached hydrogens (tertiary/aromatic N) is 2.